The number of ether oxygens (including phenoxy) is 1. The monoisotopic (exact) mass is 629 g/mol. The Morgan fingerprint density at radius 1 is 1.11 bits per heavy atom. The maximum Gasteiger partial charge on any atom is 0.319 e. The average Bonchev–Trinajstić information content (AvgIpc) is 3.46. The Kier molecular flexibility index (Phi) is 10.4. The first-order valence-corrected chi connectivity index (χ1v) is 15.2. The fraction of sp³-hybridized carbons (Fsp3) is 0.303. The highest BCUT2D eigenvalue weighted by Crippen LogP contribution is 2.32. The maximum absolute atomic E-state index is 13.0. The number of hydrogen-bond donors (Lipinski definition) is 4. The zero-order valence-electron chi connectivity index (χ0n) is 25.2. The number of halogens is 1. The van der Waals surface area contributed by atoms with Crippen molar-refractivity contribution in [3.05, 3.63) is 83.7 Å². The van der Waals surface area contributed by atoms with Crippen LogP contribution < -0.4 is 16.0 Å². The highest BCUT2D eigenvalue weighted by molar-refractivity contribution is 6.33. The molecule has 1 aliphatic carbocycles. The first-order chi connectivity index (χ1) is 21.8. The van der Waals surface area contributed by atoms with Crippen LogP contribution in [0.15, 0.2) is 73.1 Å². The number of methoxy groups -OCH3 is 1. The van der Waals surface area contributed by atoms with Gasteiger partial charge in [-0.2, -0.15) is 0 Å². The third-order valence-electron chi connectivity index (χ3n) is 7.66. The van der Waals surface area contributed by atoms with Gasteiger partial charge < -0.3 is 25.7 Å². The first kappa shape index (κ1) is 31.7. The van der Waals surface area contributed by atoms with Crippen molar-refractivity contribution in [1.82, 2.24) is 25.2 Å². The van der Waals surface area contributed by atoms with Crippen molar-refractivity contribution in [2.24, 2.45) is 0 Å². The molecule has 234 valence electrons. The molecule has 2 aromatic heterocycles. The summed E-state index contributed by atoms with van der Waals surface area (Å²) < 4.78 is 4.63. The smallest absolute Gasteiger partial charge is 0.319 e. The molecule has 0 aliphatic heterocycles. The van der Waals surface area contributed by atoms with E-state index >= 15 is 0 Å². The van der Waals surface area contributed by atoms with E-state index in [-0.39, 0.29) is 36.4 Å². The zero-order chi connectivity index (χ0) is 31.8. The van der Waals surface area contributed by atoms with Gasteiger partial charge >= 0.3 is 5.97 Å². The number of H-pyrrole nitrogens is 1. The van der Waals surface area contributed by atoms with E-state index in [0.29, 0.717) is 34.5 Å². The van der Waals surface area contributed by atoms with Crippen molar-refractivity contribution in [3.8, 4) is 11.3 Å². The van der Waals surface area contributed by atoms with E-state index in [1.165, 1.54) is 13.2 Å². The van der Waals surface area contributed by atoms with Crippen LogP contribution in [0.25, 0.3) is 22.2 Å². The number of fused-ring (bicyclic) bond motifs is 1. The van der Waals surface area contributed by atoms with Crippen LogP contribution in [0.1, 0.15) is 36.0 Å². The molecule has 2 atom stereocenters. The fourth-order valence-electron chi connectivity index (χ4n) is 5.37. The van der Waals surface area contributed by atoms with Crippen LogP contribution >= 0.6 is 11.6 Å². The minimum Gasteiger partial charge on any atom is -0.468 e. The molecule has 11 nitrogen and oxygen atoms in total. The van der Waals surface area contributed by atoms with Gasteiger partial charge in [0.25, 0.3) is 5.91 Å². The third-order valence-corrected chi connectivity index (χ3v) is 7.94. The van der Waals surface area contributed by atoms with Crippen LogP contribution in [0.4, 0.5) is 11.6 Å². The van der Waals surface area contributed by atoms with E-state index in [1.807, 2.05) is 30.5 Å². The van der Waals surface area contributed by atoms with Crippen LogP contribution in [-0.2, 0) is 14.3 Å². The lowest BCUT2D eigenvalue weighted by atomic mass is 9.91. The quantitative estimate of drug-likeness (QED) is 0.134. The molecule has 2 heterocycles. The standard InChI is InChI=1S/C33H36ClN7O4/c1-41(20-30(43)45-2)16-6-11-29(42)37-22-14-12-21(13-15-22)32(44)38-23-7-5-8-24(17-23)39-33-36-19-27(34)31(40-33)26-18-35-28-10-4-3-9-25(26)28/h3-4,6,9-15,18-19,23-24,35H,5,7-8,16-17,20H2,1-2H3,(H,37,42)(H,38,44)(H,36,39,40)/t23-,24+/m0/s1. The summed E-state index contributed by atoms with van der Waals surface area (Å²) in [5.41, 5.74) is 3.66. The van der Waals surface area contributed by atoms with E-state index in [1.54, 1.807) is 48.5 Å². The molecule has 1 saturated carbocycles. The minimum atomic E-state index is -0.344. The number of amides is 2. The van der Waals surface area contributed by atoms with Crippen molar-refractivity contribution in [2.75, 3.05) is 37.9 Å². The Labute approximate surface area is 266 Å². The lowest BCUT2D eigenvalue weighted by molar-refractivity contribution is -0.141. The fourth-order valence-corrected chi connectivity index (χ4v) is 5.57. The van der Waals surface area contributed by atoms with E-state index in [9.17, 15) is 14.4 Å². The Morgan fingerprint density at radius 2 is 1.89 bits per heavy atom. The summed E-state index contributed by atoms with van der Waals surface area (Å²) >= 11 is 6.50. The van der Waals surface area contributed by atoms with E-state index in [4.69, 9.17) is 16.6 Å². The highest BCUT2D eigenvalue weighted by Gasteiger charge is 2.25. The van der Waals surface area contributed by atoms with Crippen molar-refractivity contribution in [2.45, 2.75) is 37.8 Å². The molecule has 2 amide bonds. The van der Waals surface area contributed by atoms with Gasteiger partial charge in [0, 0.05) is 58.6 Å². The number of carbonyl (C=O) groups excluding carboxylic acids is 3. The molecule has 1 aliphatic rings. The summed E-state index contributed by atoms with van der Waals surface area (Å²) in [6.07, 6.45) is 10.1. The number of nitrogens with zero attached hydrogens (tertiary/aromatic N) is 3. The van der Waals surface area contributed by atoms with Crippen LogP contribution in [0, 0.1) is 0 Å². The molecule has 4 N–H and O–H groups in total. The molecule has 0 spiro atoms. The zero-order valence-corrected chi connectivity index (χ0v) is 25.9. The van der Waals surface area contributed by atoms with E-state index in [0.717, 1.165) is 42.1 Å². The largest absolute Gasteiger partial charge is 0.468 e. The summed E-state index contributed by atoms with van der Waals surface area (Å²) in [6, 6.07) is 14.8. The third kappa shape index (κ3) is 8.46. The predicted molar refractivity (Wildman–Crippen MR) is 175 cm³/mol. The predicted octanol–water partition coefficient (Wildman–Crippen LogP) is 5.03. The molecule has 45 heavy (non-hydrogen) atoms. The molecule has 0 saturated heterocycles. The number of aromatic nitrogens is 3. The summed E-state index contributed by atoms with van der Waals surface area (Å²) in [7, 11) is 3.09. The van der Waals surface area contributed by atoms with Crippen molar-refractivity contribution >= 4 is 51.9 Å². The average molecular weight is 630 g/mol. The molecule has 5 rings (SSSR count). The van der Waals surface area contributed by atoms with Gasteiger partial charge in [-0.05, 0) is 63.1 Å². The molecule has 12 heteroatoms. The van der Waals surface area contributed by atoms with Crippen molar-refractivity contribution in [3.63, 3.8) is 0 Å². The minimum absolute atomic E-state index is 0.00836. The van der Waals surface area contributed by atoms with E-state index in [2.05, 4.69) is 30.7 Å². The number of aromatic amines is 1. The number of anilines is 2. The lowest BCUT2D eigenvalue weighted by Crippen LogP contribution is -2.42. The number of rotatable bonds is 11. The molecule has 2 aromatic carbocycles. The molecule has 1 fully saturated rings. The van der Waals surface area contributed by atoms with Crippen LogP contribution in [0.5, 0.6) is 0 Å². The summed E-state index contributed by atoms with van der Waals surface area (Å²) in [5, 5.41) is 10.9. The van der Waals surface area contributed by atoms with Gasteiger partial charge in [-0.15, -0.1) is 0 Å². The molecule has 0 radical (unpaired) electrons. The van der Waals surface area contributed by atoms with Gasteiger partial charge in [0.05, 0.1) is 30.6 Å². The van der Waals surface area contributed by atoms with Crippen LogP contribution in [0.2, 0.25) is 5.02 Å². The normalized spacial score (nSPS) is 16.5. The Bertz CT molecular complexity index is 1690. The second-order valence-electron chi connectivity index (χ2n) is 11.1. The molecule has 4 aromatic rings. The second kappa shape index (κ2) is 14.8. The molecule has 0 bridgehead atoms. The Morgan fingerprint density at radius 3 is 2.69 bits per heavy atom. The maximum atomic E-state index is 13.0. The Balaban J connectivity index is 1.12. The van der Waals surface area contributed by atoms with Crippen molar-refractivity contribution in [1.29, 1.82) is 0 Å². The summed E-state index contributed by atoms with van der Waals surface area (Å²) in [5.74, 6) is -0.324. The van der Waals surface area contributed by atoms with Gasteiger partial charge in [0.1, 0.15) is 0 Å². The topological polar surface area (TPSA) is 141 Å². The van der Waals surface area contributed by atoms with Gasteiger partial charge in [-0.25, -0.2) is 9.97 Å². The van der Waals surface area contributed by atoms with Crippen LogP contribution in [0.3, 0.4) is 0 Å². The summed E-state index contributed by atoms with van der Waals surface area (Å²) in [6.45, 7) is 0.548. The number of nitrogens with one attached hydrogen (secondary N) is 4. The van der Waals surface area contributed by atoms with Gasteiger partial charge in [-0.3, -0.25) is 19.3 Å². The summed E-state index contributed by atoms with van der Waals surface area (Å²) in [4.78, 5) is 50.7. The van der Waals surface area contributed by atoms with E-state index < -0.39 is 0 Å². The van der Waals surface area contributed by atoms with Crippen LogP contribution in [-0.4, -0.2) is 77.0 Å². The number of carbonyl (C=O) groups is 3. The Hall–Kier alpha value is -4.74. The number of hydrogen-bond acceptors (Lipinski definition) is 8. The number of benzene rings is 2. The SMILES string of the molecule is COC(=O)CN(C)CC=CC(=O)Nc1ccc(C(=O)N[C@H]2CCC[C@@H](Nc3ncc(Cl)c(-c4c[nH]c5ccccc45)n3)C2)cc1. The highest BCUT2D eigenvalue weighted by atomic mass is 35.5. The lowest BCUT2D eigenvalue weighted by Gasteiger charge is -2.30. The number of para-hydroxylation sites is 1. The van der Waals surface area contributed by atoms with Gasteiger partial charge in [0.2, 0.25) is 11.9 Å². The number of esters is 1. The number of likely N-dealkylation sites (N-methyl/N-ethyl adjacent to an activating group) is 1. The first-order valence-electron chi connectivity index (χ1n) is 14.8. The molecular weight excluding hydrogens is 594 g/mol. The van der Waals surface area contributed by atoms with Gasteiger partial charge in [0.15, 0.2) is 0 Å². The second-order valence-corrected chi connectivity index (χ2v) is 11.5. The van der Waals surface area contributed by atoms with Gasteiger partial charge in [-0.1, -0.05) is 35.9 Å². The molecular formula is C33H36ClN7O4. The van der Waals surface area contributed by atoms with Crippen molar-refractivity contribution < 1.29 is 19.1 Å². The molecule has 0 unspecified atom stereocenters.